The highest BCUT2D eigenvalue weighted by Gasteiger charge is 2.07. The van der Waals surface area contributed by atoms with Crippen LogP contribution in [0.25, 0.3) is 11.0 Å². The average molecular weight is 431 g/mol. The molecule has 0 bridgehead atoms. The fourth-order valence-electron chi connectivity index (χ4n) is 2.81. The van der Waals surface area contributed by atoms with E-state index < -0.39 is 4.92 Å². The number of thioether (sulfide) groups is 1. The number of imidazole rings is 1. The maximum Gasteiger partial charge on any atom is 0.271 e. The number of nitro benzene ring substituents is 1. The molecular formula is C22H17N5O3S. The molecule has 1 amide bonds. The first-order valence-corrected chi connectivity index (χ1v) is 10.3. The Kier molecular flexibility index (Phi) is 6.04. The second-order valence-corrected chi connectivity index (χ2v) is 7.56. The summed E-state index contributed by atoms with van der Waals surface area (Å²) in [5.41, 5.74) is 6.59. The SMILES string of the molecule is O=C(NN=Cc1ccc([N+](=O)[O-])cc1)c1ccc(CSc2nc3ccccc3[nH]2)cc1. The first-order chi connectivity index (χ1) is 15.1. The molecule has 0 aliphatic carbocycles. The van der Waals surface area contributed by atoms with Gasteiger partial charge in [-0.1, -0.05) is 36.0 Å². The highest BCUT2D eigenvalue weighted by atomic mass is 32.2. The van der Waals surface area contributed by atoms with Crippen LogP contribution in [0.3, 0.4) is 0 Å². The Hall–Kier alpha value is -3.98. The van der Waals surface area contributed by atoms with Crippen LogP contribution in [0.4, 0.5) is 5.69 Å². The van der Waals surface area contributed by atoms with Crippen LogP contribution in [0.5, 0.6) is 0 Å². The Morgan fingerprint density at radius 1 is 1.10 bits per heavy atom. The third-order valence-corrected chi connectivity index (χ3v) is 5.39. The summed E-state index contributed by atoms with van der Waals surface area (Å²) in [6, 6.07) is 21.0. The lowest BCUT2D eigenvalue weighted by molar-refractivity contribution is -0.384. The van der Waals surface area contributed by atoms with E-state index in [2.05, 4.69) is 20.5 Å². The molecule has 1 aromatic heterocycles. The van der Waals surface area contributed by atoms with Gasteiger partial charge in [-0.2, -0.15) is 5.10 Å². The quantitative estimate of drug-likeness (QED) is 0.193. The van der Waals surface area contributed by atoms with Crippen LogP contribution in [-0.4, -0.2) is 27.0 Å². The van der Waals surface area contributed by atoms with Gasteiger partial charge in [0.15, 0.2) is 5.16 Å². The number of nitrogens with one attached hydrogen (secondary N) is 2. The van der Waals surface area contributed by atoms with Gasteiger partial charge >= 0.3 is 0 Å². The number of rotatable bonds is 7. The lowest BCUT2D eigenvalue weighted by Gasteiger charge is -2.03. The Morgan fingerprint density at radius 3 is 2.55 bits per heavy atom. The number of hydrogen-bond donors (Lipinski definition) is 2. The summed E-state index contributed by atoms with van der Waals surface area (Å²) in [5.74, 6) is 0.384. The number of non-ortho nitro benzene ring substituents is 1. The van der Waals surface area contributed by atoms with E-state index in [9.17, 15) is 14.9 Å². The van der Waals surface area contributed by atoms with Gasteiger partial charge in [-0.15, -0.1) is 0 Å². The maximum atomic E-state index is 12.2. The number of nitrogens with zero attached hydrogens (tertiary/aromatic N) is 3. The van der Waals surface area contributed by atoms with E-state index in [0.717, 1.165) is 27.5 Å². The van der Waals surface area contributed by atoms with Crippen LogP contribution in [0.1, 0.15) is 21.5 Å². The van der Waals surface area contributed by atoms with Crippen LogP contribution < -0.4 is 5.43 Å². The van der Waals surface area contributed by atoms with Crippen molar-refractivity contribution in [2.24, 2.45) is 5.10 Å². The fraction of sp³-hybridized carbons (Fsp3) is 0.0455. The highest BCUT2D eigenvalue weighted by Crippen LogP contribution is 2.23. The number of aromatic amines is 1. The molecule has 0 aliphatic heterocycles. The predicted octanol–water partition coefficient (Wildman–Crippen LogP) is 4.53. The summed E-state index contributed by atoms with van der Waals surface area (Å²) in [6.07, 6.45) is 1.43. The summed E-state index contributed by atoms with van der Waals surface area (Å²) in [7, 11) is 0. The van der Waals surface area contributed by atoms with Gasteiger partial charge < -0.3 is 4.98 Å². The predicted molar refractivity (Wildman–Crippen MR) is 120 cm³/mol. The Bertz CT molecular complexity index is 1220. The van der Waals surface area contributed by atoms with E-state index in [1.165, 1.54) is 18.3 Å². The fourth-order valence-corrected chi connectivity index (χ4v) is 3.65. The zero-order chi connectivity index (χ0) is 21.6. The molecule has 0 spiro atoms. The molecule has 4 aromatic rings. The first-order valence-electron chi connectivity index (χ1n) is 9.33. The standard InChI is InChI=1S/C22H17N5O3S/c28-21(26-23-13-15-7-11-18(12-8-15)27(29)30)17-9-5-16(6-10-17)14-31-22-24-19-3-1-2-4-20(19)25-22/h1-13H,14H2,(H,24,25)(H,26,28). The monoisotopic (exact) mass is 431 g/mol. The number of fused-ring (bicyclic) bond motifs is 1. The molecule has 0 fully saturated rings. The van der Waals surface area contributed by atoms with Gasteiger partial charge in [-0.05, 0) is 47.5 Å². The van der Waals surface area contributed by atoms with Crippen LogP contribution in [0.2, 0.25) is 0 Å². The second kappa shape index (κ2) is 9.23. The number of amides is 1. The maximum absolute atomic E-state index is 12.2. The largest absolute Gasteiger partial charge is 0.333 e. The minimum Gasteiger partial charge on any atom is -0.333 e. The molecule has 2 N–H and O–H groups in total. The summed E-state index contributed by atoms with van der Waals surface area (Å²) in [4.78, 5) is 30.2. The van der Waals surface area contributed by atoms with Crippen molar-refractivity contribution in [1.29, 1.82) is 0 Å². The van der Waals surface area contributed by atoms with E-state index >= 15 is 0 Å². The van der Waals surface area contributed by atoms with Crippen LogP contribution >= 0.6 is 11.8 Å². The first kappa shape index (κ1) is 20.3. The zero-order valence-corrected chi connectivity index (χ0v) is 17.0. The molecule has 31 heavy (non-hydrogen) atoms. The zero-order valence-electron chi connectivity index (χ0n) is 16.2. The van der Waals surface area contributed by atoms with Crippen LogP contribution in [-0.2, 0) is 5.75 Å². The average Bonchev–Trinajstić information content (AvgIpc) is 3.21. The van der Waals surface area contributed by atoms with Crippen molar-refractivity contribution in [2.75, 3.05) is 0 Å². The Labute approximate surface area is 181 Å². The number of carbonyl (C=O) groups is 1. The molecule has 0 atom stereocenters. The lowest BCUT2D eigenvalue weighted by Crippen LogP contribution is -2.17. The summed E-state index contributed by atoms with van der Waals surface area (Å²) >= 11 is 1.59. The van der Waals surface area contributed by atoms with Gasteiger partial charge in [0.05, 0.1) is 22.2 Å². The van der Waals surface area contributed by atoms with E-state index in [4.69, 9.17) is 0 Å². The van der Waals surface area contributed by atoms with Crippen LogP contribution in [0, 0.1) is 10.1 Å². The van der Waals surface area contributed by atoms with Crippen molar-refractivity contribution < 1.29 is 9.72 Å². The number of H-pyrrole nitrogens is 1. The highest BCUT2D eigenvalue weighted by molar-refractivity contribution is 7.98. The van der Waals surface area contributed by atoms with E-state index in [1.807, 2.05) is 36.4 Å². The van der Waals surface area contributed by atoms with Gasteiger partial charge in [0.2, 0.25) is 0 Å². The summed E-state index contributed by atoms with van der Waals surface area (Å²) in [5, 5.41) is 15.4. The molecule has 3 aromatic carbocycles. The van der Waals surface area contributed by atoms with Crippen molar-refractivity contribution >= 4 is 40.6 Å². The molecular weight excluding hydrogens is 414 g/mol. The van der Waals surface area contributed by atoms with Gasteiger partial charge in [0, 0.05) is 23.4 Å². The Balaban J connectivity index is 1.30. The minimum atomic E-state index is -0.471. The molecule has 154 valence electrons. The molecule has 8 nitrogen and oxygen atoms in total. The van der Waals surface area contributed by atoms with Gasteiger partial charge in [0.1, 0.15) is 0 Å². The van der Waals surface area contributed by atoms with Crippen LogP contribution in [0.15, 0.2) is 83.1 Å². The molecule has 1 heterocycles. The number of hydrogen-bond acceptors (Lipinski definition) is 6. The van der Waals surface area contributed by atoms with Gasteiger partial charge in [-0.25, -0.2) is 10.4 Å². The van der Waals surface area contributed by atoms with Crippen molar-refractivity contribution in [3.63, 3.8) is 0 Å². The summed E-state index contributed by atoms with van der Waals surface area (Å²) in [6.45, 7) is 0. The van der Waals surface area contributed by atoms with Crippen molar-refractivity contribution in [3.8, 4) is 0 Å². The lowest BCUT2D eigenvalue weighted by atomic mass is 10.1. The number of para-hydroxylation sites is 2. The Morgan fingerprint density at radius 2 is 1.84 bits per heavy atom. The molecule has 0 saturated heterocycles. The van der Waals surface area contributed by atoms with Gasteiger partial charge in [0.25, 0.3) is 11.6 Å². The molecule has 0 aliphatic rings. The van der Waals surface area contributed by atoms with Crippen molar-refractivity contribution in [3.05, 3.63) is 99.6 Å². The molecule has 9 heteroatoms. The minimum absolute atomic E-state index is 0.000222. The third kappa shape index (κ3) is 5.14. The van der Waals surface area contributed by atoms with E-state index in [-0.39, 0.29) is 11.6 Å². The molecule has 0 saturated carbocycles. The van der Waals surface area contributed by atoms with Crippen molar-refractivity contribution in [2.45, 2.75) is 10.9 Å². The van der Waals surface area contributed by atoms with Crippen molar-refractivity contribution in [1.82, 2.24) is 15.4 Å². The molecule has 4 rings (SSSR count). The number of benzene rings is 3. The number of aromatic nitrogens is 2. The summed E-state index contributed by atoms with van der Waals surface area (Å²) < 4.78 is 0. The number of carbonyl (C=O) groups excluding carboxylic acids is 1. The molecule has 0 radical (unpaired) electrons. The number of hydrazone groups is 1. The van der Waals surface area contributed by atoms with E-state index in [0.29, 0.717) is 11.1 Å². The van der Waals surface area contributed by atoms with Gasteiger partial charge in [-0.3, -0.25) is 14.9 Å². The smallest absolute Gasteiger partial charge is 0.271 e. The van der Waals surface area contributed by atoms with E-state index in [1.54, 1.807) is 36.0 Å². The third-order valence-electron chi connectivity index (χ3n) is 4.44. The normalized spacial score (nSPS) is 11.1. The topological polar surface area (TPSA) is 113 Å². The second-order valence-electron chi connectivity index (χ2n) is 6.59. The number of nitro groups is 1. The molecule has 0 unspecified atom stereocenters.